The van der Waals surface area contributed by atoms with Crippen LogP contribution in [0.3, 0.4) is 0 Å². The van der Waals surface area contributed by atoms with E-state index in [4.69, 9.17) is 30.2 Å². The lowest BCUT2D eigenvalue weighted by atomic mass is 10.1. The predicted molar refractivity (Wildman–Crippen MR) is 115 cm³/mol. The summed E-state index contributed by atoms with van der Waals surface area (Å²) >= 11 is 6.13. The fourth-order valence-electron chi connectivity index (χ4n) is 3.67. The van der Waals surface area contributed by atoms with Gasteiger partial charge in [0.1, 0.15) is 24.4 Å². The molecule has 2 aliphatic heterocycles. The summed E-state index contributed by atoms with van der Waals surface area (Å²) in [6, 6.07) is 12.4. The molecule has 1 N–H and O–H groups in total. The number of rotatable bonds is 4. The van der Waals surface area contributed by atoms with Crippen LogP contribution in [0.1, 0.15) is 23.2 Å². The average Bonchev–Trinajstić information content (AvgIpc) is 3.31. The first-order valence-corrected chi connectivity index (χ1v) is 10.6. The molecule has 1 unspecified atom stereocenters. The summed E-state index contributed by atoms with van der Waals surface area (Å²) in [5, 5.41) is 4.21. The highest BCUT2D eigenvalue weighted by molar-refractivity contribution is 6.31. The monoisotopic (exact) mass is 440 g/mol. The number of carbonyl (C=O) groups excluding carboxylic acids is 1. The topological polar surface area (TPSA) is 82.3 Å². The average molecular weight is 441 g/mol. The van der Waals surface area contributed by atoms with E-state index in [1.54, 1.807) is 42.5 Å². The van der Waals surface area contributed by atoms with E-state index in [-0.39, 0.29) is 17.6 Å². The Morgan fingerprint density at radius 3 is 2.77 bits per heavy atom. The van der Waals surface area contributed by atoms with Gasteiger partial charge < -0.3 is 23.9 Å². The van der Waals surface area contributed by atoms with Crippen molar-refractivity contribution in [3.05, 3.63) is 58.6 Å². The number of fused-ring (bicyclic) bond motifs is 2. The van der Waals surface area contributed by atoms with Gasteiger partial charge in [-0.05, 0) is 49.2 Å². The summed E-state index contributed by atoms with van der Waals surface area (Å²) in [4.78, 5) is 17.6. The Hall–Kier alpha value is -3.03. The molecule has 8 heteroatoms. The molecule has 160 valence electrons. The van der Waals surface area contributed by atoms with Crippen molar-refractivity contribution in [1.82, 2.24) is 5.32 Å². The van der Waals surface area contributed by atoms with Crippen LogP contribution in [-0.4, -0.2) is 38.4 Å². The van der Waals surface area contributed by atoms with Gasteiger partial charge in [0.25, 0.3) is 5.91 Å². The van der Waals surface area contributed by atoms with Crippen LogP contribution in [-0.2, 0) is 4.74 Å². The first-order valence-electron chi connectivity index (χ1n) is 10.2. The van der Waals surface area contributed by atoms with Crippen LogP contribution in [0.2, 0.25) is 5.02 Å². The standard InChI is InChI=1S/C23H21ClN2O5/c24-15-3-5-19-14(10-15)11-18(22(27)25-13-17-2-1-7-28-17)23(31-19)26-16-4-6-20-21(12-16)30-9-8-29-20/h3-6,10-12,17H,1-2,7-9,13H2,(H,25,27). The van der Waals surface area contributed by atoms with E-state index < -0.39 is 0 Å². The summed E-state index contributed by atoms with van der Waals surface area (Å²) in [6.45, 7) is 2.17. The van der Waals surface area contributed by atoms with Crippen molar-refractivity contribution in [3.63, 3.8) is 0 Å². The van der Waals surface area contributed by atoms with Gasteiger partial charge >= 0.3 is 0 Å². The smallest absolute Gasteiger partial charge is 0.256 e. The van der Waals surface area contributed by atoms with E-state index in [9.17, 15) is 4.79 Å². The van der Waals surface area contributed by atoms with E-state index in [1.807, 2.05) is 0 Å². The van der Waals surface area contributed by atoms with Crippen molar-refractivity contribution in [1.29, 1.82) is 0 Å². The summed E-state index contributed by atoms with van der Waals surface area (Å²) in [7, 11) is 0. The first kappa shape index (κ1) is 19.9. The molecule has 0 spiro atoms. The van der Waals surface area contributed by atoms with E-state index in [0.717, 1.165) is 24.8 Å². The molecule has 2 aromatic carbocycles. The molecule has 7 nitrogen and oxygen atoms in total. The zero-order valence-electron chi connectivity index (χ0n) is 16.7. The van der Waals surface area contributed by atoms with Crippen molar-refractivity contribution >= 4 is 34.2 Å². The number of nitrogens with one attached hydrogen (secondary N) is 1. The van der Waals surface area contributed by atoms with Gasteiger partial charge in [-0.3, -0.25) is 4.79 Å². The van der Waals surface area contributed by atoms with E-state index in [0.29, 0.717) is 53.1 Å². The quantitative estimate of drug-likeness (QED) is 0.663. The minimum atomic E-state index is -0.280. The number of ether oxygens (including phenoxy) is 3. The Labute approximate surface area is 183 Å². The molecule has 0 radical (unpaired) electrons. The summed E-state index contributed by atoms with van der Waals surface area (Å²) in [5.41, 5.74) is 1.70. The van der Waals surface area contributed by atoms with Crippen LogP contribution in [0.25, 0.3) is 11.0 Å². The third-order valence-corrected chi connectivity index (χ3v) is 5.46. The maximum Gasteiger partial charge on any atom is 0.256 e. The first-order chi connectivity index (χ1) is 15.2. The van der Waals surface area contributed by atoms with Crippen LogP contribution in [0.4, 0.5) is 5.69 Å². The van der Waals surface area contributed by atoms with Gasteiger partial charge in [-0.1, -0.05) is 11.6 Å². The Bertz CT molecular complexity index is 1200. The molecule has 0 aliphatic carbocycles. The Kier molecular flexibility index (Phi) is 5.53. The highest BCUT2D eigenvalue weighted by Crippen LogP contribution is 2.33. The number of hydrogen-bond donors (Lipinski definition) is 1. The lowest BCUT2D eigenvalue weighted by molar-refractivity contribution is 0.0854. The molecular weight excluding hydrogens is 420 g/mol. The normalized spacial score (nSPS) is 18.4. The van der Waals surface area contributed by atoms with Gasteiger partial charge in [0.2, 0.25) is 5.55 Å². The molecule has 1 aromatic heterocycles. The number of halogens is 1. The third-order valence-electron chi connectivity index (χ3n) is 5.22. The molecule has 5 rings (SSSR count). The Morgan fingerprint density at radius 1 is 1.06 bits per heavy atom. The van der Waals surface area contributed by atoms with Crippen molar-refractivity contribution in [2.75, 3.05) is 26.4 Å². The van der Waals surface area contributed by atoms with Crippen LogP contribution in [0.5, 0.6) is 11.5 Å². The lowest BCUT2D eigenvalue weighted by Gasteiger charge is -2.18. The zero-order valence-corrected chi connectivity index (χ0v) is 17.5. The van der Waals surface area contributed by atoms with Gasteiger partial charge in [0.15, 0.2) is 11.5 Å². The van der Waals surface area contributed by atoms with E-state index in [1.165, 1.54) is 0 Å². The van der Waals surface area contributed by atoms with Crippen LogP contribution in [0.15, 0.2) is 51.9 Å². The second-order valence-corrected chi connectivity index (χ2v) is 7.87. The zero-order chi connectivity index (χ0) is 21.2. The minimum Gasteiger partial charge on any atom is -0.486 e. The van der Waals surface area contributed by atoms with Crippen molar-refractivity contribution in [2.24, 2.45) is 4.99 Å². The van der Waals surface area contributed by atoms with Crippen molar-refractivity contribution < 1.29 is 23.4 Å². The second-order valence-electron chi connectivity index (χ2n) is 7.43. The molecule has 2 aliphatic rings. The van der Waals surface area contributed by atoms with E-state index in [2.05, 4.69) is 10.3 Å². The number of benzene rings is 2. The maximum atomic E-state index is 13.0. The molecule has 0 bridgehead atoms. The molecule has 3 aromatic rings. The molecule has 1 saturated heterocycles. The number of carbonyl (C=O) groups is 1. The van der Waals surface area contributed by atoms with E-state index >= 15 is 0 Å². The highest BCUT2D eigenvalue weighted by atomic mass is 35.5. The lowest BCUT2D eigenvalue weighted by Crippen LogP contribution is -2.34. The van der Waals surface area contributed by atoms with Crippen LogP contribution in [0, 0.1) is 0 Å². The maximum absolute atomic E-state index is 13.0. The fraction of sp³-hybridized carbons (Fsp3) is 0.304. The summed E-state index contributed by atoms with van der Waals surface area (Å²) in [6.07, 6.45) is 1.98. The van der Waals surface area contributed by atoms with Crippen molar-refractivity contribution in [3.8, 4) is 11.5 Å². The molecular formula is C23H21ClN2O5. The Morgan fingerprint density at radius 2 is 1.94 bits per heavy atom. The predicted octanol–water partition coefficient (Wildman–Crippen LogP) is 4.00. The molecule has 1 atom stereocenters. The van der Waals surface area contributed by atoms with Gasteiger partial charge in [-0.25, -0.2) is 4.99 Å². The summed E-state index contributed by atoms with van der Waals surface area (Å²) in [5.74, 6) is 1.01. The number of amides is 1. The Balaban J connectivity index is 1.54. The van der Waals surface area contributed by atoms with Gasteiger partial charge in [-0.2, -0.15) is 0 Å². The van der Waals surface area contributed by atoms with Crippen molar-refractivity contribution in [2.45, 2.75) is 18.9 Å². The molecule has 3 heterocycles. The van der Waals surface area contributed by atoms with Crippen LogP contribution < -0.4 is 20.3 Å². The molecule has 0 saturated carbocycles. The number of nitrogens with zero attached hydrogens (tertiary/aromatic N) is 1. The van der Waals surface area contributed by atoms with Gasteiger partial charge in [-0.15, -0.1) is 0 Å². The third kappa shape index (κ3) is 4.38. The number of hydrogen-bond acceptors (Lipinski definition) is 6. The molecule has 1 fully saturated rings. The minimum absolute atomic E-state index is 0.0361. The summed E-state index contributed by atoms with van der Waals surface area (Å²) < 4.78 is 22.8. The highest BCUT2D eigenvalue weighted by Gasteiger charge is 2.19. The van der Waals surface area contributed by atoms with Crippen LogP contribution >= 0.6 is 11.6 Å². The molecule has 31 heavy (non-hydrogen) atoms. The van der Waals surface area contributed by atoms with Gasteiger partial charge in [0, 0.05) is 29.6 Å². The second kappa shape index (κ2) is 8.61. The fourth-order valence-corrected chi connectivity index (χ4v) is 3.85. The largest absolute Gasteiger partial charge is 0.486 e. The molecule has 1 amide bonds. The van der Waals surface area contributed by atoms with Gasteiger partial charge in [0.05, 0.1) is 11.8 Å². The SMILES string of the molecule is O=C(NCC1CCCO1)c1cc2cc(Cl)ccc2oc1=Nc1ccc2c(c1)OCCO2.